The molecule has 0 spiro atoms. The van der Waals surface area contributed by atoms with Crippen LogP contribution in [0.5, 0.6) is 0 Å². The van der Waals surface area contributed by atoms with Crippen LogP contribution in [0.3, 0.4) is 0 Å². The molecule has 0 unspecified atom stereocenters. The molecule has 0 aliphatic heterocycles. The van der Waals surface area contributed by atoms with Gasteiger partial charge in [0.15, 0.2) is 0 Å². The van der Waals surface area contributed by atoms with Crippen LogP contribution in [0.25, 0.3) is 11.3 Å². The van der Waals surface area contributed by atoms with E-state index in [1.165, 1.54) is 0 Å². The number of nitrogen functional groups attached to an aromatic ring is 1. The fraction of sp³-hybridized carbons (Fsp3) is 0.300. The van der Waals surface area contributed by atoms with E-state index in [9.17, 15) is 0 Å². The maximum absolute atomic E-state index is 5.83. The summed E-state index contributed by atoms with van der Waals surface area (Å²) in [6.45, 7) is 2.14. The second-order valence-corrected chi connectivity index (χ2v) is 4.94. The lowest BCUT2D eigenvalue weighted by molar-refractivity contribution is 0.927. The molecule has 5 heteroatoms. The van der Waals surface area contributed by atoms with Crippen LogP contribution in [0, 0.1) is 0 Å². The summed E-state index contributed by atoms with van der Waals surface area (Å²) in [5.74, 6) is 0.616. The third-order valence-electron chi connectivity index (χ3n) is 2.28. The molecule has 0 aromatic carbocycles. The zero-order valence-electron chi connectivity index (χ0n) is 8.38. The van der Waals surface area contributed by atoms with Gasteiger partial charge in [0, 0.05) is 26.4 Å². The minimum atomic E-state index is 0.616. The van der Waals surface area contributed by atoms with Gasteiger partial charge in [-0.1, -0.05) is 13.3 Å². The van der Waals surface area contributed by atoms with E-state index in [4.69, 9.17) is 5.73 Å². The van der Waals surface area contributed by atoms with Crippen LogP contribution in [0.2, 0.25) is 0 Å². The molecule has 2 heterocycles. The smallest absolute Gasteiger partial charge is 0.149 e. The monoisotopic (exact) mass is 285 g/mol. The normalized spacial score (nSPS) is 10.8. The summed E-state index contributed by atoms with van der Waals surface area (Å²) < 4.78 is 1.09. The first-order valence-electron chi connectivity index (χ1n) is 4.78. The number of nitrogens with zero attached hydrogens (tertiary/aromatic N) is 1. The Kier molecular flexibility index (Phi) is 3.11. The molecular weight excluding hydrogens is 274 g/mol. The van der Waals surface area contributed by atoms with Gasteiger partial charge in [0.05, 0.1) is 5.69 Å². The fourth-order valence-electron chi connectivity index (χ4n) is 1.56. The Hall–Kier alpha value is -0.810. The lowest BCUT2D eigenvalue weighted by Crippen LogP contribution is -1.92. The minimum Gasteiger partial charge on any atom is -0.382 e. The maximum Gasteiger partial charge on any atom is 0.149 e. The topological polar surface area (TPSA) is 54.7 Å². The quantitative estimate of drug-likeness (QED) is 0.908. The molecule has 2 rings (SSSR count). The van der Waals surface area contributed by atoms with Crippen molar-refractivity contribution in [3.05, 3.63) is 20.8 Å². The van der Waals surface area contributed by atoms with Gasteiger partial charge in [-0.05, 0) is 22.4 Å². The third-order valence-corrected chi connectivity index (χ3v) is 3.99. The van der Waals surface area contributed by atoms with Crippen molar-refractivity contribution in [3.63, 3.8) is 0 Å². The Morgan fingerprint density at radius 2 is 2.33 bits per heavy atom. The number of hydrogen-bond acceptors (Lipinski definition) is 3. The van der Waals surface area contributed by atoms with Crippen molar-refractivity contribution in [2.45, 2.75) is 19.8 Å². The Morgan fingerprint density at radius 3 is 2.93 bits per heavy atom. The SMILES string of the molecule is CCCc1c(N)n[nH]c1-c1cscc1Br. The first-order chi connectivity index (χ1) is 7.24. The van der Waals surface area contributed by atoms with Gasteiger partial charge >= 0.3 is 0 Å². The predicted molar refractivity (Wildman–Crippen MR) is 68.0 cm³/mol. The van der Waals surface area contributed by atoms with E-state index in [1.54, 1.807) is 11.3 Å². The standard InChI is InChI=1S/C10H12BrN3S/c1-2-3-6-9(13-14-10(6)12)7-4-15-5-8(7)11/h4-5H,2-3H2,1H3,(H3,12,13,14). The summed E-state index contributed by atoms with van der Waals surface area (Å²) >= 11 is 5.18. The zero-order chi connectivity index (χ0) is 10.8. The minimum absolute atomic E-state index is 0.616. The van der Waals surface area contributed by atoms with E-state index < -0.39 is 0 Å². The average molecular weight is 286 g/mol. The molecule has 0 amide bonds. The van der Waals surface area contributed by atoms with Crippen molar-refractivity contribution < 1.29 is 0 Å². The summed E-state index contributed by atoms with van der Waals surface area (Å²) in [5, 5.41) is 11.2. The fourth-order valence-corrected chi connectivity index (χ4v) is 3.05. The highest BCUT2D eigenvalue weighted by atomic mass is 79.9. The molecule has 0 bridgehead atoms. The number of nitrogens with two attached hydrogens (primary N) is 1. The molecule has 0 radical (unpaired) electrons. The molecule has 3 nitrogen and oxygen atoms in total. The van der Waals surface area contributed by atoms with Crippen LogP contribution < -0.4 is 5.73 Å². The lowest BCUT2D eigenvalue weighted by Gasteiger charge is -2.01. The summed E-state index contributed by atoms with van der Waals surface area (Å²) in [6, 6.07) is 0. The lowest BCUT2D eigenvalue weighted by atomic mass is 10.1. The highest BCUT2D eigenvalue weighted by Crippen LogP contribution is 2.34. The van der Waals surface area contributed by atoms with E-state index in [0.717, 1.165) is 34.1 Å². The number of rotatable bonds is 3. The Morgan fingerprint density at radius 1 is 1.53 bits per heavy atom. The predicted octanol–water partition coefficient (Wildman–Crippen LogP) is 3.44. The van der Waals surface area contributed by atoms with Crippen molar-refractivity contribution in [1.29, 1.82) is 0 Å². The summed E-state index contributed by atoms with van der Waals surface area (Å²) in [7, 11) is 0. The maximum atomic E-state index is 5.83. The highest BCUT2D eigenvalue weighted by molar-refractivity contribution is 9.10. The molecule has 2 aromatic heterocycles. The summed E-state index contributed by atoms with van der Waals surface area (Å²) in [6.07, 6.45) is 2.03. The molecule has 0 saturated heterocycles. The van der Waals surface area contributed by atoms with E-state index in [-0.39, 0.29) is 0 Å². The molecule has 2 aromatic rings. The average Bonchev–Trinajstić information content (AvgIpc) is 2.76. The van der Waals surface area contributed by atoms with Gasteiger partial charge in [-0.15, -0.1) is 0 Å². The number of thiophene rings is 1. The molecule has 0 aliphatic rings. The number of H-pyrrole nitrogens is 1. The molecule has 0 aliphatic carbocycles. The van der Waals surface area contributed by atoms with Crippen LogP contribution in [-0.2, 0) is 6.42 Å². The molecule has 3 N–H and O–H groups in total. The van der Waals surface area contributed by atoms with Gasteiger partial charge in [0.2, 0.25) is 0 Å². The zero-order valence-corrected chi connectivity index (χ0v) is 10.8. The van der Waals surface area contributed by atoms with Crippen molar-refractivity contribution in [1.82, 2.24) is 10.2 Å². The van der Waals surface area contributed by atoms with E-state index in [1.807, 2.05) is 0 Å². The Bertz CT molecular complexity index is 461. The van der Waals surface area contributed by atoms with Crippen molar-refractivity contribution >= 4 is 33.1 Å². The second-order valence-electron chi connectivity index (χ2n) is 3.35. The molecule has 0 saturated carbocycles. The Balaban J connectivity index is 2.49. The van der Waals surface area contributed by atoms with Gasteiger partial charge in [-0.25, -0.2) is 0 Å². The molecular formula is C10H12BrN3S. The molecule has 0 atom stereocenters. The molecule has 80 valence electrons. The van der Waals surface area contributed by atoms with Crippen molar-refractivity contribution in [3.8, 4) is 11.3 Å². The van der Waals surface area contributed by atoms with Crippen molar-refractivity contribution in [2.75, 3.05) is 5.73 Å². The highest BCUT2D eigenvalue weighted by Gasteiger charge is 2.14. The van der Waals surface area contributed by atoms with Crippen LogP contribution in [-0.4, -0.2) is 10.2 Å². The largest absolute Gasteiger partial charge is 0.382 e. The van der Waals surface area contributed by atoms with Crippen LogP contribution in [0.15, 0.2) is 15.2 Å². The second kappa shape index (κ2) is 4.37. The number of aromatic nitrogens is 2. The van der Waals surface area contributed by atoms with Gasteiger partial charge in [0.25, 0.3) is 0 Å². The summed E-state index contributed by atoms with van der Waals surface area (Å²) in [5.41, 5.74) is 9.14. The number of nitrogens with one attached hydrogen (secondary N) is 1. The van der Waals surface area contributed by atoms with Crippen LogP contribution in [0.4, 0.5) is 5.82 Å². The van der Waals surface area contributed by atoms with E-state index >= 15 is 0 Å². The third kappa shape index (κ3) is 1.94. The van der Waals surface area contributed by atoms with E-state index in [2.05, 4.69) is 43.8 Å². The van der Waals surface area contributed by atoms with E-state index in [0.29, 0.717) is 5.82 Å². The number of aromatic amines is 1. The number of hydrogen-bond donors (Lipinski definition) is 2. The Labute approximate surface area is 101 Å². The van der Waals surface area contributed by atoms with Crippen molar-refractivity contribution in [2.24, 2.45) is 0 Å². The van der Waals surface area contributed by atoms with Gasteiger partial charge in [0.1, 0.15) is 5.82 Å². The number of halogens is 1. The van der Waals surface area contributed by atoms with Crippen LogP contribution >= 0.6 is 27.3 Å². The number of anilines is 1. The first-order valence-corrected chi connectivity index (χ1v) is 6.52. The van der Waals surface area contributed by atoms with Gasteiger partial charge in [-0.2, -0.15) is 16.4 Å². The van der Waals surface area contributed by atoms with Gasteiger partial charge < -0.3 is 5.73 Å². The molecule has 15 heavy (non-hydrogen) atoms. The first kappa shape index (κ1) is 10.7. The van der Waals surface area contributed by atoms with Crippen LogP contribution in [0.1, 0.15) is 18.9 Å². The summed E-state index contributed by atoms with van der Waals surface area (Å²) in [4.78, 5) is 0. The van der Waals surface area contributed by atoms with Gasteiger partial charge in [-0.3, -0.25) is 5.10 Å². The molecule has 0 fully saturated rings.